The number of esters is 1. The van der Waals surface area contributed by atoms with Gasteiger partial charge in [0, 0.05) is 19.6 Å². The van der Waals surface area contributed by atoms with Crippen LogP contribution in [0.5, 0.6) is 0 Å². The second kappa shape index (κ2) is 8.07. The Bertz CT molecular complexity index is 438. The van der Waals surface area contributed by atoms with Gasteiger partial charge < -0.3 is 9.84 Å². The van der Waals surface area contributed by atoms with Gasteiger partial charge in [-0.15, -0.1) is 0 Å². The summed E-state index contributed by atoms with van der Waals surface area (Å²) in [7, 11) is -3.68. The van der Waals surface area contributed by atoms with Gasteiger partial charge in [-0.25, -0.2) is 0 Å². The van der Waals surface area contributed by atoms with Crippen LogP contribution in [0.2, 0.25) is 0 Å². The minimum Gasteiger partial charge on any atom is -0.466 e. The van der Waals surface area contributed by atoms with E-state index >= 15 is 0 Å². The number of rotatable bonds is 7. The van der Waals surface area contributed by atoms with Crippen LogP contribution in [-0.4, -0.2) is 56.1 Å². The molecule has 0 saturated carbocycles. The van der Waals surface area contributed by atoms with E-state index in [1.165, 1.54) is 4.31 Å². The zero-order valence-corrected chi connectivity index (χ0v) is 13.7. The number of aliphatic hydroxyl groups excluding tert-OH is 1. The van der Waals surface area contributed by atoms with Crippen LogP contribution in [0, 0.1) is 11.8 Å². The van der Waals surface area contributed by atoms with Crippen molar-refractivity contribution in [3.05, 3.63) is 0 Å². The number of piperidine rings is 1. The van der Waals surface area contributed by atoms with Crippen molar-refractivity contribution in [2.45, 2.75) is 39.7 Å². The third kappa shape index (κ3) is 5.54. The molecule has 0 bridgehead atoms. The summed E-state index contributed by atoms with van der Waals surface area (Å²) in [5.74, 6) is -0.786. The maximum atomic E-state index is 12.2. The van der Waals surface area contributed by atoms with Crippen LogP contribution >= 0.6 is 0 Å². The highest BCUT2D eigenvalue weighted by molar-refractivity contribution is 7.87. The monoisotopic (exact) mass is 322 g/mol. The van der Waals surface area contributed by atoms with Crippen LogP contribution in [0.4, 0.5) is 0 Å². The molecule has 2 unspecified atom stereocenters. The van der Waals surface area contributed by atoms with E-state index in [2.05, 4.69) is 4.72 Å². The summed E-state index contributed by atoms with van der Waals surface area (Å²) in [5.41, 5.74) is 0. The van der Waals surface area contributed by atoms with E-state index in [-0.39, 0.29) is 25.0 Å². The average molecular weight is 322 g/mol. The van der Waals surface area contributed by atoms with Crippen LogP contribution in [0.1, 0.15) is 33.6 Å². The van der Waals surface area contributed by atoms with Crippen molar-refractivity contribution in [3.63, 3.8) is 0 Å². The molecular formula is C13H26N2O5S. The molecule has 1 aliphatic heterocycles. The van der Waals surface area contributed by atoms with Crippen LogP contribution in [0.3, 0.4) is 0 Å². The fraction of sp³-hybridized carbons (Fsp3) is 0.923. The molecule has 2 N–H and O–H groups in total. The van der Waals surface area contributed by atoms with E-state index in [1.54, 1.807) is 6.92 Å². The van der Waals surface area contributed by atoms with Crippen molar-refractivity contribution in [3.8, 4) is 0 Å². The van der Waals surface area contributed by atoms with Crippen LogP contribution < -0.4 is 4.72 Å². The first-order chi connectivity index (χ1) is 9.77. The van der Waals surface area contributed by atoms with Crippen molar-refractivity contribution in [2.75, 3.05) is 26.2 Å². The van der Waals surface area contributed by atoms with Crippen LogP contribution in [0.25, 0.3) is 0 Å². The summed E-state index contributed by atoms with van der Waals surface area (Å²) >= 11 is 0. The second-order valence-electron chi connectivity index (χ2n) is 5.61. The second-order valence-corrected chi connectivity index (χ2v) is 7.37. The summed E-state index contributed by atoms with van der Waals surface area (Å²) in [4.78, 5) is 11.7. The van der Waals surface area contributed by atoms with E-state index in [4.69, 9.17) is 4.74 Å². The van der Waals surface area contributed by atoms with Gasteiger partial charge in [-0.05, 0) is 25.7 Å². The van der Waals surface area contributed by atoms with Gasteiger partial charge in [-0.1, -0.05) is 13.8 Å². The molecule has 1 saturated heterocycles. The lowest BCUT2D eigenvalue weighted by molar-refractivity contribution is -0.149. The van der Waals surface area contributed by atoms with Crippen LogP contribution in [-0.2, 0) is 19.7 Å². The van der Waals surface area contributed by atoms with Crippen molar-refractivity contribution in [1.82, 2.24) is 9.03 Å². The lowest BCUT2D eigenvalue weighted by Gasteiger charge is -2.31. The molecule has 21 heavy (non-hydrogen) atoms. The highest BCUT2D eigenvalue weighted by Gasteiger charge is 2.33. The Kier molecular flexibility index (Phi) is 7.05. The minimum atomic E-state index is -3.68. The largest absolute Gasteiger partial charge is 0.466 e. The highest BCUT2D eigenvalue weighted by Crippen LogP contribution is 2.20. The van der Waals surface area contributed by atoms with Gasteiger partial charge >= 0.3 is 5.97 Å². The van der Waals surface area contributed by atoms with Gasteiger partial charge in [0.05, 0.1) is 18.6 Å². The molecule has 0 aromatic rings. The van der Waals surface area contributed by atoms with Gasteiger partial charge in [0.2, 0.25) is 0 Å². The zero-order valence-electron chi connectivity index (χ0n) is 12.9. The molecular weight excluding hydrogens is 296 g/mol. The molecule has 8 heteroatoms. The molecule has 0 amide bonds. The number of hydrogen-bond acceptors (Lipinski definition) is 5. The molecule has 1 rings (SSSR count). The van der Waals surface area contributed by atoms with Crippen LogP contribution in [0.15, 0.2) is 0 Å². The summed E-state index contributed by atoms with van der Waals surface area (Å²) < 4.78 is 33.0. The highest BCUT2D eigenvalue weighted by atomic mass is 32.2. The Balaban J connectivity index is 2.60. The SMILES string of the molecule is CCOC(=O)C1CCCN(S(=O)(=O)NCC(O)C(C)C)C1. The van der Waals surface area contributed by atoms with Crippen molar-refractivity contribution in [2.24, 2.45) is 11.8 Å². The van der Waals surface area contributed by atoms with Crippen molar-refractivity contribution < 1.29 is 23.1 Å². The van der Waals surface area contributed by atoms with Gasteiger partial charge in [0.1, 0.15) is 0 Å². The van der Waals surface area contributed by atoms with E-state index in [0.29, 0.717) is 26.0 Å². The lowest BCUT2D eigenvalue weighted by Crippen LogP contribution is -2.49. The molecule has 0 aliphatic carbocycles. The topological polar surface area (TPSA) is 95.9 Å². The third-order valence-corrected chi connectivity index (χ3v) is 5.13. The molecule has 7 nitrogen and oxygen atoms in total. The van der Waals surface area contributed by atoms with E-state index in [1.807, 2.05) is 13.8 Å². The molecule has 1 heterocycles. The first kappa shape index (κ1) is 18.3. The lowest BCUT2D eigenvalue weighted by atomic mass is 10.0. The molecule has 2 atom stereocenters. The quantitative estimate of drug-likeness (QED) is 0.649. The van der Waals surface area contributed by atoms with Gasteiger partial charge in [-0.3, -0.25) is 4.79 Å². The summed E-state index contributed by atoms with van der Waals surface area (Å²) in [5, 5.41) is 9.68. The normalized spacial score (nSPS) is 22.2. The number of carbonyl (C=O) groups is 1. The number of nitrogens with zero attached hydrogens (tertiary/aromatic N) is 1. The van der Waals surface area contributed by atoms with E-state index < -0.39 is 22.2 Å². The van der Waals surface area contributed by atoms with E-state index in [0.717, 1.165) is 0 Å². The molecule has 1 fully saturated rings. The molecule has 0 aromatic heterocycles. The number of nitrogens with one attached hydrogen (secondary N) is 1. The smallest absolute Gasteiger partial charge is 0.310 e. The van der Waals surface area contributed by atoms with Crippen molar-refractivity contribution >= 4 is 16.2 Å². The summed E-state index contributed by atoms with van der Waals surface area (Å²) in [6.07, 6.45) is 0.529. The molecule has 0 spiro atoms. The number of ether oxygens (including phenoxy) is 1. The number of carbonyl (C=O) groups excluding carboxylic acids is 1. The molecule has 1 aliphatic rings. The minimum absolute atomic E-state index is 0.0265. The number of aliphatic hydroxyl groups is 1. The Labute approximate surface area is 126 Å². The first-order valence-corrected chi connectivity index (χ1v) is 8.81. The Morgan fingerprint density at radius 1 is 1.48 bits per heavy atom. The van der Waals surface area contributed by atoms with Gasteiger partial charge in [0.25, 0.3) is 10.2 Å². The third-order valence-electron chi connectivity index (χ3n) is 3.59. The summed E-state index contributed by atoms with van der Waals surface area (Å²) in [6.45, 7) is 6.13. The fourth-order valence-corrected chi connectivity index (χ4v) is 3.44. The predicted molar refractivity (Wildman–Crippen MR) is 78.7 cm³/mol. The maximum Gasteiger partial charge on any atom is 0.310 e. The standard InChI is InChI=1S/C13H26N2O5S/c1-4-20-13(17)11-6-5-7-15(9-11)21(18,19)14-8-12(16)10(2)3/h10-12,14,16H,4-9H2,1-3H3. The Morgan fingerprint density at radius 2 is 2.14 bits per heavy atom. The Hall–Kier alpha value is -0.700. The average Bonchev–Trinajstić information content (AvgIpc) is 2.45. The predicted octanol–water partition coefficient (Wildman–Crippen LogP) is 0.113. The summed E-state index contributed by atoms with van der Waals surface area (Å²) in [6, 6.07) is 0. The fourth-order valence-electron chi connectivity index (χ4n) is 2.13. The number of hydrogen-bond donors (Lipinski definition) is 2. The maximum absolute atomic E-state index is 12.2. The Morgan fingerprint density at radius 3 is 2.71 bits per heavy atom. The first-order valence-electron chi connectivity index (χ1n) is 7.37. The van der Waals surface area contributed by atoms with E-state index in [9.17, 15) is 18.3 Å². The molecule has 0 aromatic carbocycles. The zero-order chi connectivity index (χ0) is 16.0. The molecule has 124 valence electrons. The van der Waals surface area contributed by atoms with Crippen molar-refractivity contribution in [1.29, 1.82) is 0 Å². The van der Waals surface area contributed by atoms with Gasteiger partial charge in [-0.2, -0.15) is 17.4 Å². The van der Waals surface area contributed by atoms with Gasteiger partial charge in [0.15, 0.2) is 0 Å². The molecule has 0 radical (unpaired) electrons.